The summed E-state index contributed by atoms with van der Waals surface area (Å²) in [5.74, 6) is 0.937. The Labute approximate surface area is 134 Å². The summed E-state index contributed by atoms with van der Waals surface area (Å²) in [6.45, 7) is 6.07. The van der Waals surface area contributed by atoms with Gasteiger partial charge in [0.2, 0.25) is 10.0 Å². The number of nitrogens with one attached hydrogen (secondary N) is 1. The number of nitrogens with zero attached hydrogens (tertiary/aromatic N) is 3. The SMILES string of the molecule is CCNCc1cc(Br)cnc1N1CCN(S(C)(=O)=O)CC1. The van der Waals surface area contributed by atoms with Crippen molar-refractivity contribution in [3.8, 4) is 0 Å². The van der Waals surface area contributed by atoms with Crippen molar-refractivity contribution in [2.45, 2.75) is 13.5 Å². The van der Waals surface area contributed by atoms with Crippen LogP contribution in [0.15, 0.2) is 16.7 Å². The molecule has 8 heteroatoms. The predicted molar refractivity (Wildman–Crippen MR) is 87.9 cm³/mol. The Morgan fingerprint density at radius 1 is 1.33 bits per heavy atom. The molecule has 1 aliphatic heterocycles. The Bertz CT molecular complexity index is 586. The second-order valence-electron chi connectivity index (χ2n) is 5.07. The lowest BCUT2D eigenvalue weighted by molar-refractivity contribution is 0.386. The zero-order valence-corrected chi connectivity index (χ0v) is 14.7. The minimum atomic E-state index is -3.10. The van der Waals surface area contributed by atoms with E-state index in [0.717, 1.165) is 28.9 Å². The molecule has 2 rings (SSSR count). The van der Waals surface area contributed by atoms with Crippen LogP contribution in [0.3, 0.4) is 0 Å². The summed E-state index contributed by atoms with van der Waals surface area (Å²) >= 11 is 3.45. The number of aromatic nitrogens is 1. The van der Waals surface area contributed by atoms with Crippen molar-refractivity contribution < 1.29 is 8.42 Å². The molecule has 1 aromatic heterocycles. The standard InChI is InChI=1S/C13H21BrN4O2S/c1-3-15-9-11-8-12(14)10-16-13(11)17-4-6-18(7-5-17)21(2,19)20/h8,10,15H,3-7,9H2,1-2H3. The van der Waals surface area contributed by atoms with Crippen molar-refractivity contribution in [2.24, 2.45) is 0 Å². The summed E-state index contributed by atoms with van der Waals surface area (Å²) in [5.41, 5.74) is 1.12. The van der Waals surface area contributed by atoms with E-state index in [-0.39, 0.29) is 0 Å². The highest BCUT2D eigenvalue weighted by Crippen LogP contribution is 2.23. The lowest BCUT2D eigenvalue weighted by atomic mass is 10.2. The Kier molecular flexibility index (Phi) is 5.59. The van der Waals surface area contributed by atoms with Gasteiger partial charge in [0.25, 0.3) is 0 Å². The van der Waals surface area contributed by atoms with Crippen LogP contribution >= 0.6 is 15.9 Å². The number of piperazine rings is 1. The molecule has 0 unspecified atom stereocenters. The Morgan fingerprint density at radius 2 is 2.00 bits per heavy atom. The van der Waals surface area contributed by atoms with E-state index in [9.17, 15) is 8.42 Å². The molecule has 0 saturated carbocycles. The van der Waals surface area contributed by atoms with Crippen molar-refractivity contribution >= 4 is 31.8 Å². The topological polar surface area (TPSA) is 65.5 Å². The second kappa shape index (κ2) is 7.04. The molecule has 1 N–H and O–H groups in total. The van der Waals surface area contributed by atoms with Crippen LogP contribution in [0.4, 0.5) is 5.82 Å². The molecule has 0 atom stereocenters. The van der Waals surface area contributed by atoms with Crippen molar-refractivity contribution in [3.05, 3.63) is 22.3 Å². The van der Waals surface area contributed by atoms with E-state index in [0.29, 0.717) is 26.2 Å². The fourth-order valence-corrected chi connectivity index (χ4v) is 3.59. The highest BCUT2D eigenvalue weighted by molar-refractivity contribution is 9.10. The molecular formula is C13H21BrN4O2S. The van der Waals surface area contributed by atoms with Crippen LogP contribution in [-0.2, 0) is 16.6 Å². The van der Waals surface area contributed by atoms with Gasteiger partial charge in [0.15, 0.2) is 0 Å². The molecule has 0 bridgehead atoms. The fraction of sp³-hybridized carbons (Fsp3) is 0.615. The van der Waals surface area contributed by atoms with E-state index in [4.69, 9.17) is 0 Å². The van der Waals surface area contributed by atoms with Crippen LogP contribution in [0, 0.1) is 0 Å². The summed E-state index contributed by atoms with van der Waals surface area (Å²) in [6, 6.07) is 2.06. The van der Waals surface area contributed by atoms with E-state index in [2.05, 4.69) is 44.1 Å². The molecule has 21 heavy (non-hydrogen) atoms. The fourth-order valence-electron chi connectivity index (χ4n) is 2.38. The Balaban J connectivity index is 2.12. The van der Waals surface area contributed by atoms with Gasteiger partial charge in [-0.25, -0.2) is 13.4 Å². The van der Waals surface area contributed by atoms with Gasteiger partial charge in [-0.15, -0.1) is 0 Å². The van der Waals surface area contributed by atoms with Crippen LogP contribution < -0.4 is 10.2 Å². The zero-order valence-electron chi connectivity index (χ0n) is 12.3. The van der Waals surface area contributed by atoms with E-state index in [1.165, 1.54) is 10.6 Å². The lowest BCUT2D eigenvalue weighted by Gasteiger charge is -2.35. The number of anilines is 1. The predicted octanol–water partition coefficient (Wildman–Crippen LogP) is 1.04. The molecule has 6 nitrogen and oxygen atoms in total. The minimum Gasteiger partial charge on any atom is -0.354 e. The molecule has 1 aliphatic rings. The third-order valence-electron chi connectivity index (χ3n) is 3.48. The average Bonchev–Trinajstić information content (AvgIpc) is 2.44. The summed E-state index contributed by atoms with van der Waals surface area (Å²) in [4.78, 5) is 6.67. The first kappa shape index (κ1) is 16.7. The minimum absolute atomic E-state index is 0.511. The number of sulfonamides is 1. The summed E-state index contributed by atoms with van der Waals surface area (Å²) < 4.78 is 25.6. The quantitative estimate of drug-likeness (QED) is 0.831. The molecule has 118 valence electrons. The number of hydrogen-bond acceptors (Lipinski definition) is 5. The van der Waals surface area contributed by atoms with Gasteiger partial charge in [-0.3, -0.25) is 0 Å². The third-order valence-corrected chi connectivity index (χ3v) is 5.22. The molecule has 0 amide bonds. The smallest absolute Gasteiger partial charge is 0.211 e. The van der Waals surface area contributed by atoms with Gasteiger partial charge >= 0.3 is 0 Å². The van der Waals surface area contributed by atoms with Gasteiger partial charge in [-0.05, 0) is 28.5 Å². The van der Waals surface area contributed by atoms with E-state index in [1.54, 1.807) is 6.20 Å². The van der Waals surface area contributed by atoms with Crippen molar-refractivity contribution in [1.29, 1.82) is 0 Å². The van der Waals surface area contributed by atoms with Gasteiger partial charge < -0.3 is 10.2 Å². The molecule has 1 aromatic rings. The van der Waals surface area contributed by atoms with Gasteiger partial charge in [-0.1, -0.05) is 6.92 Å². The number of rotatable bonds is 5. The molecule has 0 spiro atoms. The van der Waals surface area contributed by atoms with Gasteiger partial charge in [0, 0.05) is 49.0 Å². The van der Waals surface area contributed by atoms with Crippen LogP contribution in [0.25, 0.3) is 0 Å². The van der Waals surface area contributed by atoms with E-state index < -0.39 is 10.0 Å². The summed E-state index contributed by atoms with van der Waals surface area (Å²) in [5, 5.41) is 3.31. The maximum atomic E-state index is 11.6. The van der Waals surface area contributed by atoms with Crippen LogP contribution in [-0.4, -0.2) is 56.7 Å². The molecule has 0 aromatic carbocycles. The third kappa shape index (κ3) is 4.38. The normalized spacial score (nSPS) is 17.2. The maximum Gasteiger partial charge on any atom is 0.211 e. The van der Waals surface area contributed by atoms with Crippen molar-refractivity contribution in [3.63, 3.8) is 0 Å². The molecule has 1 saturated heterocycles. The number of pyridine rings is 1. The van der Waals surface area contributed by atoms with Crippen molar-refractivity contribution in [1.82, 2.24) is 14.6 Å². The average molecular weight is 377 g/mol. The van der Waals surface area contributed by atoms with Gasteiger partial charge in [0.05, 0.1) is 6.26 Å². The Morgan fingerprint density at radius 3 is 2.57 bits per heavy atom. The summed E-state index contributed by atoms with van der Waals surface area (Å²) in [6.07, 6.45) is 3.05. The highest BCUT2D eigenvalue weighted by atomic mass is 79.9. The Hall–Kier alpha value is -0.700. The number of halogens is 1. The van der Waals surface area contributed by atoms with Crippen molar-refractivity contribution in [2.75, 3.05) is 43.9 Å². The molecule has 1 fully saturated rings. The van der Waals surface area contributed by atoms with Crippen LogP contribution in [0.5, 0.6) is 0 Å². The van der Waals surface area contributed by atoms with Crippen LogP contribution in [0.2, 0.25) is 0 Å². The monoisotopic (exact) mass is 376 g/mol. The first-order chi connectivity index (χ1) is 9.91. The lowest BCUT2D eigenvalue weighted by Crippen LogP contribution is -2.48. The molecular weight excluding hydrogens is 356 g/mol. The first-order valence-electron chi connectivity index (χ1n) is 6.97. The zero-order chi connectivity index (χ0) is 15.5. The molecule has 0 aliphatic carbocycles. The maximum absolute atomic E-state index is 11.6. The highest BCUT2D eigenvalue weighted by Gasteiger charge is 2.25. The van der Waals surface area contributed by atoms with E-state index >= 15 is 0 Å². The largest absolute Gasteiger partial charge is 0.354 e. The first-order valence-corrected chi connectivity index (χ1v) is 9.61. The van der Waals surface area contributed by atoms with E-state index in [1.807, 2.05) is 0 Å². The van der Waals surface area contributed by atoms with Gasteiger partial charge in [0.1, 0.15) is 5.82 Å². The molecule has 0 radical (unpaired) electrons. The second-order valence-corrected chi connectivity index (χ2v) is 7.96. The number of hydrogen-bond donors (Lipinski definition) is 1. The van der Waals surface area contributed by atoms with Gasteiger partial charge in [-0.2, -0.15) is 4.31 Å². The molecule has 2 heterocycles. The summed E-state index contributed by atoms with van der Waals surface area (Å²) in [7, 11) is -3.10. The van der Waals surface area contributed by atoms with Crippen LogP contribution in [0.1, 0.15) is 12.5 Å².